The molecule has 1 aromatic carbocycles. The molecule has 8 heteroatoms. The molecule has 0 aliphatic carbocycles. The number of hydrogen-bond acceptors (Lipinski definition) is 5. The van der Waals surface area contributed by atoms with Crippen LogP contribution in [0.15, 0.2) is 40.6 Å². The molecule has 0 radical (unpaired) electrons. The summed E-state index contributed by atoms with van der Waals surface area (Å²) < 4.78 is 25.5. The van der Waals surface area contributed by atoms with E-state index in [1.807, 2.05) is 19.1 Å². The minimum atomic E-state index is -3.41. The maximum absolute atomic E-state index is 12.0. The second-order valence-electron chi connectivity index (χ2n) is 5.77. The molecule has 0 saturated carbocycles. The molecule has 2 aromatic rings. The first-order valence-corrected chi connectivity index (χ1v) is 11.1. The smallest absolute Gasteiger partial charge is 0.252 e. The number of thiophene rings is 1. The molecule has 136 valence electrons. The predicted octanol–water partition coefficient (Wildman–Crippen LogP) is 2.86. The molecule has 0 atom stereocenters. The molecule has 0 unspecified atom stereocenters. The van der Waals surface area contributed by atoms with Crippen LogP contribution >= 0.6 is 23.1 Å². The van der Waals surface area contributed by atoms with Gasteiger partial charge < -0.3 is 5.32 Å². The largest absolute Gasteiger partial charge is 0.350 e. The van der Waals surface area contributed by atoms with Crippen LogP contribution < -0.4 is 5.32 Å². The third-order valence-corrected chi connectivity index (χ3v) is 7.79. The minimum absolute atomic E-state index is 0.0527. The number of carbonyl (C=O) groups is 1. The molecule has 25 heavy (non-hydrogen) atoms. The zero-order valence-electron chi connectivity index (χ0n) is 14.5. The summed E-state index contributed by atoms with van der Waals surface area (Å²) in [7, 11) is -0.404. The van der Waals surface area contributed by atoms with Crippen LogP contribution in [0.5, 0.6) is 0 Å². The minimum Gasteiger partial charge on any atom is -0.350 e. The van der Waals surface area contributed by atoms with E-state index < -0.39 is 10.0 Å². The third kappa shape index (κ3) is 5.85. The highest BCUT2D eigenvalue weighted by atomic mass is 32.2. The van der Waals surface area contributed by atoms with E-state index in [2.05, 4.69) is 17.4 Å². The van der Waals surface area contributed by atoms with E-state index >= 15 is 0 Å². The normalized spacial score (nSPS) is 11.7. The molecule has 0 aliphatic rings. The van der Waals surface area contributed by atoms with Gasteiger partial charge in [0.15, 0.2) is 0 Å². The maximum Gasteiger partial charge on any atom is 0.252 e. The lowest BCUT2D eigenvalue weighted by molar-refractivity contribution is -0.118. The molecule has 0 spiro atoms. The van der Waals surface area contributed by atoms with Crippen LogP contribution in [0.1, 0.15) is 16.0 Å². The van der Waals surface area contributed by atoms with Crippen molar-refractivity contribution >= 4 is 39.0 Å². The van der Waals surface area contributed by atoms with Crippen LogP contribution in [0.2, 0.25) is 0 Å². The lowest BCUT2D eigenvalue weighted by atomic mass is 10.2. The van der Waals surface area contributed by atoms with Crippen molar-refractivity contribution in [2.45, 2.75) is 23.4 Å². The zero-order chi connectivity index (χ0) is 18.4. The predicted molar refractivity (Wildman–Crippen MR) is 104 cm³/mol. The van der Waals surface area contributed by atoms with Crippen molar-refractivity contribution in [1.29, 1.82) is 0 Å². The van der Waals surface area contributed by atoms with Gasteiger partial charge >= 0.3 is 0 Å². The van der Waals surface area contributed by atoms with Crippen molar-refractivity contribution in [3.05, 3.63) is 52.4 Å². The Morgan fingerprint density at radius 3 is 2.68 bits per heavy atom. The fraction of sp³-hybridized carbons (Fsp3) is 0.353. The molecule has 0 bridgehead atoms. The first-order chi connectivity index (χ1) is 11.8. The SMILES string of the molecule is Cc1cccc(CSCC(=O)NCc2ccc(S(=O)(=O)N(C)C)s2)c1. The first kappa shape index (κ1) is 20.0. The molecule has 0 saturated heterocycles. The number of nitrogens with one attached hydrogen (secondary N) is 1. The summed E-state index contributed by atoms with van der Waals surface area (Å²) in [4.78, 5) is 12.7. The van der Waals surface area contributed by atoms with E-state index in [0.29, 0.717) is 12.3 Å². The number of hydrogen-bond donors (Lipinski definition) is 1. The van der Waals surface area contributed by atoms with Crippen molar-refractivity contribution in [2.24, 2.45) is 0 Å². The Balaban J connectivity index is 1.78. The van der Waals surface area contributed by atoms with Gasteiger partial charge in [-0.3, -0.25) is 4.79 Å². The number of benzene rings is 1. The number of amides is 1. The van der Waals surface area contributed by atoms with Gasteiger partial charge in [-0.25, -0.2) is 12.7 Å². The van der Waals surface area contributed by atoms with Crippen LogP contribution in [0.3, 0.4) is 0 Å². The topological polar surface area (TPSA) is 66.5 Å². The van der Waals surface area contributed by atoms with Crippen LogP contribution in [-0.2, 0) is 27.1 Å². The summed E-state index contributed by atoms with van der Waals surface area (Å²) >= 11 is 2.74. The van der Waals surface area contributed by atoms with Crippen LogP contribution in [0, 0.1) is 6.92 Å². The summed E-state index contributed by atoms with van der Waals surface area (Å²) in [6, 6.07) is 11.5. The highest BCUT2D eigenvalue weighted by Crippen LogP contribution is 2.23. The second-order valence-corrected chi connectivity index (χ2v) is 10.3. The van der Waals surface area contributed by atoms with Crippen LogP contribution in [0.25, 0.3) is 0 Å². The van der Waals surface area contributed by atoms with E-state index in [9.17, 15) is 13.2 Å². The summed E-state index contributed by atoms with van der Waals surface area (Å²) in [5.41, 5.74) is 2.42. The molecular weight excluding hydrogens is 376 g/mol. The number of carbonyl (C=O) groups excluding carboxylic acids is 1. The second kappa shape index (κ2) is 8.84. The molecule has 1 N–H and O–H groups in total. The van der Waals surface area contributed by atoms with Crippen molar-refractivity contribution in [2.75, 3.05) is 19.8 Å². The number of aryl methyl sites for hydroxylation is 1. The van der Waals surface area contributed by atoms with Gasteiger partial charge in [-0.2, -0.15) is 0 Å². The molecule has 0 fully saturated rings. The van der Waals surface area contributed by atoms with Crippen molar-refractivity contribution < 1.29 is 13.2 Å². The van der Waals surface area contributed by atoms with Crippen LogP contribution in [-0.4, -0.2) is 38.5 Å². The summed E-state index contributed by atoms with van der Waals surface area (Å²) in [5.74, 6) is 1.12. The van der Waals surface area contributed by atoms with Gasteiger partial charge in [0.1, 0.15) is 4.21 Å². The number of nitrogens with zero attached hydrogens (tertiary/aromatic N) is 1. The fourth-order valence-electron chi connectivity index (χ4n) is 2.07. The lowest BCUT2D eigenvalue weighted by Crippen LogP contribution is -2.24. The van der Waals surface area contributed by atoms with Gasteiger partial charge in [0.2, 0.25) is 5.91 Å². The molecular formula is C17H22N2O3S3. The standard InChI is InChI=1S/C17H22N2O3S3/c1-13-5-4-6-14(9-13)11-23-12-16(20)18-10-15-7-8-17(24-15)25(21,22)19(2)3/h4-9H,10-12H2,1-3H3,(H,18,20). The maximum atomic E-state index is 12.0. The number of sulfonamides is 1. The van der Waals surface area contributed by atoms with E-state index in [4.69, 9.17) is 0 Å². The fourth-order valence-corrected chi connectivity index (χ4v) is 5.34. The van der Waals surface area contributed by atoms with E-state index in [0.717, 1.165) is 10.6 Å². The van der Waals surface area contributed by atoms with Gasteiger partial charge in [-0.05, 0) is 24.6 Å². The molecule has 1 aromatic heterocycles. The molecule has 1 amide bonds. The molecule has 2 rings (SSSR count). The summed E-state index contributed by atoms with van der Waals surface area (Å²) in [5, 5.41) is 2.83. The van der Waals surface area contributed by atoms with Crippen molar-refractivity contribution in [3.8, 4) is 0 Å². The Bertz CT molecular complexity index is 829. The average Bonchev–Trinajstić information content (AvgIpc) is 3.02. The lowest BCUT2D eigenvalue weighted by Gasteiger charge is -2.08. The van der Waals surface area contributed by atoms with E-state index in [1.165, 1.54) is 40.9 Å². The zero-order valence-corrected chi connectivity index (χ0v) is 16.9. The highest BCUT2D eigenvalue weighted by Gasteiger charge is 2.19. The van der Waals surface area contributed by atoms with Crippen LogP contribution in [0.4, 0.5) is 0 Å². The Morgan fingerprint density at radius 2 is 2.00 bits per heavy atom. The van der Waals surface area contributed by atoms with Crippen molar-refractivity contribution in [3.63, 3.8) is 0 Å². The molecule has 5 nitrogen and oxygen atoms in total. The molecule has 1 heterocycles. The van der Waals surface area contributed by atoms with Crippen molar-refractivity contribution in [1.82, 2.24) is 9.62 Å². The Hall–Kier alpha value is -1.35. The average molecular weight is 399 g/mol. The molecule has 0 aliphatic heterocycles. The Kier molecular flexibility index (Phi) is 7.06. The Labute approximate surface area is 157 Å². The highest BCUT2D eigenvalue weighted by molar-refractivity contribution is 7.99. The third-order valence-electron chi connectivity index (χ3n) is 3.42. The van der Waals surface area contributed by atoms with E-state index in [-0.39, 0.29) is 10.1 Å². The van der Waals surface area contributed by atoms with Gasteiger partial charge in [0.05, 0.1) is 12.3 Å². The summed E-state index contributed by atoms with van der Waals surface area (Å²) in [6.45, 7) is 2.39. The Morgan fingerprint density at radius 1 is 1.24 bits per heavy atom. The number of thioether (sulfide) groups is 1. The first-order valence-electron chi connectivity index (χ1n) is 7.70. The van der Waals surface area contributed by atoms with E-state index in [1.54, 1.807) is 23.9 Å². The number of rotatable bonds is 8. The van der Waals surface area contributed by atoms with Gasteiger partial charge in [0, 0.05) is 24.7 Å². The summed E-state index contributed by atoms with van der Waals surface area (Å²) in [6.07, 6.45) is 0. The van der Waals surface area contributed by atoms with Gasteiger partial charge in [0.25, 0.3) is 10.0 Å². The monoisotopic (exact) mass is 398 g/mol. The van der Waals surface area contributed by atoms with Gasteiger partial charge in [-0.1, -0.05) is 29.8 Å². The van der Waals surface area contributed by atoms with Gasteiger partial charge in [-0.15, -0.1) is 23.1 Å². The quantitative estimate of drug-likeness (QED) is 0.743.